The van der Waals surface area contributed by atoms with Gasteiger partial charge in [-0.15, -0.1) is 0 Å². The smallest absolute Gasteiger partial charge is 0.462 e. The molecule has 1 saturated heterocycles. The molecule has 2 heterocycles. The molecule has 1 aromatic heterocycles. The molecule has 0 radical (unpaired) electrons. The Morgan fingerprint density at radius 1 is 0.730 bits per heavy atom. The van der Waals surface area contributed by atoms with E-state index >= 15 is 0 Å². The van der Waals surface area contributed by atoms with E-state index in [1.165, 1.54) is 76.7 Å². The van der Waals surface area contributed by atoms with E-state index < -0.39 is 83.7 Å². The third-order valence-electron chi connectivity index (χ3n) is 12.2. The second-order valence-electron chi connectivity index (χ2n) is 19.4. The quantitative estimate of drug-likeness (QED) is 0.0153. The van der Waals surface area contributed by atoms with Gasteiger partial charge in [0.1, 0.15) is 30.7 Å². The molecule has 0 aromatic carbocycles. The normalized spacial score (nSPS) is 19.7. The average molecular weight is 1090 g/mol. The van der Waals surface area contributed by atoms with Crippen molar-refractivity contribution in [1.82, 2.24) is 9.55 Å². The molecule has 8 atom stereocenters. The number of aromatic nitrogens is 2. The molecule has 74 heavy (non-hydrogen) atoms. The number of anilines is 1. The summed E-state index contributed by atoms with van der Waals surface area (Å²) in [4.78, 5) is 62.0. The molecule has 0 spiro atoms. The molecule has 1 aromatic rings. The van der Waals surface area contributed by atoms with Crippen LogP contribution in [0.4, 0.5) is 5.82 Å². The molecule has 1 fully saturated rings. The lowest BCUT2D eigenvalue weighted by atomic mass is 10.0. The van der Waals surface area contributed by atoms with E-state index in [-0.39, 0.29) is 24.8 Å². The molecule has 0 amide bonds. The predicted octanol–water partition coefficient (Wildman–Crippen LogP) is 10.6. The Morgan fingerprint density at radius 2 is 1.26 bits per heavy atom. The number of rotatable bonds is 44. The van der Waals surface area contributed by atoms with Crippen molar-refractivity contribution in [2.45, 2.75) is 224 Å². The summed E-state index contributed by atoms with van der Waals surface area (Å²) in [5.41, 5.74) is 4.59. The highest BCUT2D eigenvalue weighted by atomic mass is 31.3. The molecule has 1 aliphatic rings. The second kappa shape index (κ2) is 40.0. The highest BCUT2D eigenvalue weighted by Gasteiger charge is 2.46. The van der Waals surface area contributed by atoms with E-state index in [0.717, 1.165) is 74.5 Å². The number of nitrogen functional groups attached to an aromatic ring is 1. The molecule has 0 bridgehead atoms. The van der Waals surface area contributed by atoms with E-state index in [1.807, 2.05) is 24.3 Å². The summed E-state index contributed by atoms with van der Waals surface area (Å²) < 4.78 is 56.8. The zero-order valence-corrected chi connectivity index (χ0v) is 46.2. The maximum absolute atomic E-state index is 12.9. The van der Waals surface area contributed by atoms with Gasteiger partial charge in [0.25, 0.3) is 0 Å². The molecule has 19 nitrogen and oxygen atoms in total. The minimum atomic E-state index is -5.44. The molecule has 21 heteroatoms. The van der Waals surface area contributed by atoms with Crippen molar-refractivity contribution >= 4 is 33.4 Å². The van der Waals surface area contributed by atoms with Crippen molar-refractivity contribution in [3.63, 3.8) is 0 Å². The number of esters is 2. The number of phosphoric ester groups is 2. The number of allylic oxidation sites excluding steroid dienone is 7. The Morgan fingerprint density at radius 3 is 1.82 bits per heavy atom. The first kappa shape index (κ1) is 66.8. The molecule has 1 aliphatic heterocycles. The van der Waals surface area contributed by atoms with Crippen LogP contribution < -0.4 is 11.4 Å². The average Bonchev–Trinajstić information content (AvgIpc) is 3.62. The van der Waals surface area contributed by atoms with Gasteiger partial charge in [-0.2, -0.15) is 9.29 Å². The molecular formula is C53H91N3O16P2. The van der Waals surface area contributed by atoms with Gasteiger partial charge >= 0.3 is 33.3 Å². The van der Waals surface area contributed by atoms with Gasteiger partial charge in [-0.05, 0) is 63.4 Å². The highest BCUT2D eigenvalue weighted by molar-refractivity contribution is 7.61. The van der Waals surface area contributed by atoms with Crippen molar-refractivity contribution in [3.8, 4) is 0 Å². The zero-order chi connectivity index (χ0) is 54.5. The summed E-state index contributed by atoms with van der Waals surface area (Å²) in [6.45, 7) is 4.24. The Balaban J connectivity index is 1.80. The van der Waals surface area contributed by atoms with E-state index in [1.54, 1.807) is 0 Å². The molecule has 3 unspecified atom stereocenters. The Hall–Kier alpha value is -3.32. The van der Waals surface area contributed by atoms with Gasteiger partial charge in [0.2, 0.25) is 0 Å². The van der Waals surface area contributed by atoms with Gasteiger partial charge in [0.15, 0.2) is 12.3 Å². The lowest BCUT2D eigenvalue weighted by Gasteiger charge is -2.21. The Kier molecular flexibility index (Phi) is 36.1. The molecule has 7 N–H and O–H groups in total. The number of aliphatic hydroxyl groups excluding tert-OH is 3. The van der Waals surface area contributed by atoms with Gasteiger partial charge in [-0.1, -0.05) is 172 Å². The van der Waals surface area contributed by atoms with Gasteiger partial charge in [0, 0.05) is 19.0 Å². The summed E-state index contributed by atoms with van der Waals surface area (Å²) in [5, 5.41) is 30.7. The van der Waals surface area contributed by atoms with Crippen LogP contribution in [0.1, 0.15) is 194 Å². The fourth-order valence-corrected chi connectivity index (χ4v) is 10.1. The van der Waals surface area contributed by atoms with Crippen molar-refractivity contribution < 1.29 is 71.4 Å². The van der Waals surface area contributed by atoms with Crippen molar-refractivity contribution in [2.24, 2.45) is 5.92 Å². The molecule has 0 saturated carbocycles. The topological polar surface area (TPSA) is 286 Å². The number of aliphatic hydroxyl groups is 3. The third kappa shape index (κ3) is 33.0. The zero-order valence-electron chi connectivity index (χ0n) is 44.4. The van der Waals surface area contributed by atoms with Crippen LogP contribution >= 0.6 is 15.6 Å². The van der Waals surface area contributed by atoms with Crippen LogP contribution in [0.2, 0.25) is 0 Å². The number of hydrogen-bond donors (Lipinski definition) is 6. The first-order valence-corrected chi connectivity index (χ1v) is 30.1. The number of hydrogen-bond acceptors (Lipinski definition) is 16. The molecule has 424 valence electrons. The maximum Gasteiger partial charge on any atom is 0.481 e. The van der Waals surface area contributed by atoms with Crippen molar-refractivity contribution in [3.05, 3.63) is 71.4 Å². The molecule has 0 aliphatic carbocycles. The Labute approximate surface area is 440 Å². The van der Waals surface area contributed by atoms with E-state index in [4.69, 9.17) is 29.0 Å². The van der Waals surface area contributed by atoms with Crippen LogP contribution in [-0.2, 0) is 46.3 Å². The lowest BCUT2D eigenvalue weighted by molar-refractivity contribution is -0.161. The van der Waals surface area contributed by atoms with E-state index in [2.05, 4.69) is 54.4 Å². The second-order valence-corrected chi connectivity index (χ2v) is 22.4. The number of nitrogens with zero attached hydrogens (tertiary/aromatic N) is 2. The molecule has 2 rings (SSSR count). The first-order chi connectivity index (χ1) is 35.4. The Bertz CT molecular complexity index is 1960. The van der Waals surface area contributed by atoms with E-state index in [0.29, 0.717) is 25.7 Å². The SMILES string of the molecule is CCCC(O)C/C=C\C/C=C\C/C=C\C/C=C\CCCC(=O)OC[C@H](COP(=O)(O)OP(=O)(O)OC[C@H]1O[C@@H](n2ccc(N)nc2=O)[C@H](O)[C@@H]1O)OC(=O)CCCCCCCCCCCCCCCCCC(C)C. The number of phosphoric acid groups is 2. The number of nitrogens with two attached hydrogens (primary N) is 1. The minimum Gasteiger partial charge on any atom is -0.462 e. The number of carbonyl (C=O) groups is 2. The summed E-state index contributed by atoms with van der Waals surface area (Å²) >= 11 is 0. The first-order valence-electron chi connectivity index (χ1n) is 27.1. The standard InChI is InChI=1S/C53H91N3O16P2/c1-4-33-44(57)35-30-26-22-18-14-10-8-12-15-19-23-27-31-36-48(58)67-40-45(70-49(59)37-32-28-24-20-16-11-7-5-6-9-13-17-21-25-29-34-43(2)3)41-68-73(63,64)72-74(65,66)69-42-46-50(60)51(61)52(71-46)56-39-38-47(54)55-53(56)62/h8,12,14,18-19,23,26,30,38-39,43-46,50-52,57,60-61H,4-7,9-11,13,15-17,20-22,24-25,27-29,31-37,40-42H2,1-3H3,(H,63,64)(H,65,66)(H2,54,55,62)/b12-8-,18-14-,23-19-,30-26-/t44?,45-,46-,50-,51-,52-/m1/s1. The summed E-state index contributed by atoms with van der Waals surface area (Å²) in [7, 11) is -10.9. The third-order valence-corrected chi connectivity index (χ3v) is 14.8. The van der Waals surface area contributed by atoms with Crippen LogP contribution in [0.5, 0.6) is 0 Å². The van der Waals surface area contributed by atoms with Crippen LogP contribution in [0.3, 0.4) is 0 Å². The van der Waals surface area contributed by atoms with Crippen LogP contribution in [0, 0.1) is 5.92 Å². The number of unbranched alkanes of at least 4 members (excludes halogenated alkanes) is 15. The van der Waals surface area contributed by atoms with Crippen molar-refractivity contribution in [1.29, 1.82) is 0 Å². The van der Waals surface area contributed by atoms with E-state index in [9.17, 15) is 48.6 Å². The van der Waals surface area contributed by atoms with Crippen LogP contribution in [0.15, 0.2) is 65.7 Å². The predicted molar refractivity (Wildman–Crippen MR) is 285 cm³/mol. The summed E-state index contributed by atoms with van der Waals surface area (Å²) in [6, 6.07) is 1.24. The highest BCUT2D eigenvalue weighted by Crippen LogP contribution is 2.60. The van der Waals surface area contributed by atoms with Crippen molar-refractivity contribution in [2.75, 3.05) is 25.6 Å². The number of ether oxygens (including phenoxy) is 3. The maximum atomic E-state index is 12.9. The van der Waals surface area contributed by atoms with Gasteiger partial charge in [0.05, 0.1) is 19.3 Å². The van der Waals surface area contributed by atoms with Crippen LogP contribution in [-0.4, -0.2) is 96.9 Å². The summed E-state index contributed by atoms with van der Waals surface area (Å²) in [5.74, 6) is -0.586. The van der Waals surface area contributed by atoms with Gasteiger partial charge in [-0.25, -0.2) is 13.9 Å². The summed E-state index contributed by atoms with van der Waals surface area (Å²) in [6.07, 6.45) is 34.0. The fraction of sp³-hybridized carbons (Fsp3) is 0.736. The monoisotopic (exact) mass is 1090 g/mol. The minimum absolute atomic E-state index is 0.0325. The number of carbonyl (C=O) groups excluding carboxylic acids is 2. The van der Waals surface area contributed by atoms with Gasteiger partial charge in [-0.3, -0.25) is 23.2 Å². The molecular weight excluding hydrogens is 997 g/mol. The lowest BCUT2D eigenvalue weighted by Crippen LogP contribution is -2.36. The van der Waals surface area contributed by atoms with Crippen LogP contribution in [0.25, 0.3) is 0 Å². The fourth-order valence-electron chi connectivity index (χ4n) is 7.98. The largest absolute Gasteiger partial charge is 0.481 e. The van der Waals surface area contributed by atoms with Gasteiger partial charge < -0.3 is 45.1 Å².